The molecule has 0 radical (unpaired) electrons. The number of halogens is 1. The van der Waals surface area contributed by atoms with Gasteiger partial charge in [-0.2, -0.15) is 5.10 Å². The first-order valence-corrected chi connectivity index (χ1v) is 9.02. The third-order valence-electron chi connectivity index (χ3n) is 4.57. The molecule has 1 saturated heterocycles. The van der Waals surface area contributed by atoms with Crippen molar-refractivity contribution in [2.75, 3.05) is 18.0 Å². The highest BCUT2D eigenvalue weighted by atomic mass is 35.5. The molecule has 3 rings (SSSR count). The van der Waals surface area contributed by atoms with Crippen molar-refractivity contribution < 1.29 is 0 Å². The topological polar surface area (TPSA) is 63.9 Å². The summed E-state index contributed by atoms with van der Waals surface area (Å²) in [5.74, 6) is 1.15. The summed E-state index contributed by atoms with van der Waals surface area (Å²) in [6.45, 7) is 8.73. The second kappa shape index (κ2) is 7.12. The fourth-order valence-electron chi connectivity index (χ4n) is 3.01. The average molecular weight is 362 g/mol. The maximum absolute atomic E-state index is 12.1. The number of anilines is 1. The van der Waals surface area contributed by atoms with Crippen molar-refractivity contribution in [2.24, 2.45) is 5.92 Å². The molecule has 0 aromatic carbocycles. The molecule has 0 unspecified atom stereocenters. The molecule has 134 valence electrons. The molecule has 1 aliphatic rings. The highest BCUT2D eigenvalue weighted by Crippen LogP contribution is 2.23. The van der Waals surface area contributed by atoms with Gasteiger partial charge < -0.3 is 4.90 Å². The summed E-state index contributed by atoms with van der Waals surface area (Å²) in [6.07, 6.45) is 5.22. The summed E-state index contributed by atoms with van der Waals surface area (Å²) in [6, 6.07) is 3.46. The van der Waals surface area contributed by atoms with Crippen LogP contribution in [-0.4, -0.2) is 32.8 Å². The van der Waals surface area contributed by atoms with Crippen LogP contribution in [-0.2, 0) is 12.0 Å². The minimum absolute atomic E-state index is 0.0311. The van der Waals surface area contributed by atoms with Crippen LogP contribution >= 0.6 is 11.6 Å². The number of hydrogen-bond donors (Lipinski definition) is 0. The molecule has 25 heavy (non-hydrogen) atoms. The smallest absolute Gasteiger partial charge is 0.266 e. The molecular formula is C18H24ClN5O. The van der Waals surface area contributed by atoms with E-state index in [4.69, 9.17) is 11.6 Å². The van der Waals surface area contributed by atoms with Crippen LogP contribution < -0.4 is 10.5 Å². The summed E-state index contributed by atoms with van der Waals surface area (Å²) < 4.78 is 1.62. The summed E-state index contributed by atoms with van der Waals surface area (Å²) in [4.78, 5) is 22.9. The molecule has 0 bridgehead atoms. The minimum Gasteiger partial charge on any atom is -0.341 e. The Bertz CT molecular complexity index is 773. The molecule has 0 saturated carbocycles. The van der Waals surface area contributed by atoms with Crippen LogP contribution in [0.3, 0.4) is 0 Å². The highest BCUT2D eigenvalue weighted by Gasteiger charge is 2.23. The first-order valence-electron chi connectivity index (χ1n) is 8.64. The van der Waals surface area contributed by atoms with Gasteiger partial charge in [-0.1, -0.05) is 32.4 Å². The third kappa shape index (κ3) is 4.37. The van der Waals surface area contributed by atoms with E-state index in [0.717, 1.165) is 31.6 Å². The van der Waals surface area contributed by atoms with E-state index in [0.29, 0.717) is 23.4 Å². The van der Waals surface area contributed by atoms with Gasteiger partial charge >= 0.3 is 0 Å². The molecule has 3 heterocycles. The highest BCUT2D eigenvalue weighted by molar-refractivity contribution is 6.30. The van der Waals surface area contributed by atoms with Gasteiger partial charge in [-0.05, 0) is 24.8 Å². The second-order valence-corrected chi connectivity index (χ2v) is 8.06. The van der Waals surface area contributed by atoms with E-state index >= 15 is 0 Å². The van der Waals surface area contributed by atoms with Crippen LogP contribution in [0.5, 0.6) is 0 Å². The van der Waals surface area contributed by atoms with Crippen molar-refractivity contribution in [3.05, 3.63) is 45.6 Å². The fraction of sp³-hybridized carbons (Fsp3) is 0.556. The summed E-state index contributed by atoms with van der Waals surface area (Å²) in [5, 5.41) is 5.12. The molecule has 2 aromatic heterocycles. The molecule has 1 aliphatic heterocycles. The Kier molecular flexibility index (Phi) is 5.08. The Morgan fingerprint density at radius 3 is 2.40 bits per heavy atom. The van der Waals surface area contributed by atoms with Gasteiger partial charge in [-0.25, -0.2) is 14.6 Å². The predicted octanol–water partition coefficient (Wildman–Crippen LogP) is 2.90. The second-order valence-electron chi connectivity index (χ2n) is 7.62. The largest absolute Gasteiger partial charge is 0.341 e. The van der Waals surface area contributed by atoms with Crippen molar-refractivity contribution in [1.29, 1.82) is 0 Å². The minimum atomic E-state index is -0.0647. The van der Waals surface area contributed by atoms with Crippen LogP contribution in [0, 0.1) is 5.92 Å². The van der Waals surface area contributed by atoms with E-state index in [1.165, 1.54) is 0 Å². The summed E-state index contributed by atoms with van der Waals surface area (Å²) >= 11 is 5.84. The number of piperidine rings is 1. The van der Waals surface area contributed by atoms with Crippen molar-refractivity contribution in [3.63, 3.8) is 0 Å². The molecule has 0 spiro atoms. The summed E-state index contributed by atoms with van der Waals surface area (Å²) in [5.41, 5.74) is 0.848. The van der Waals surface area contributed by atoms with E-state index in [1.807, 2.05) is 6.07 Å². The Morgan fingerprint density at radius 2 is 1.80 bits per heavy atom. The van der Waals surface area contributed by atoms with Gasteiger partial charge in [0.05, 0.1) is 23.1 Å². The first-order chi connectivity index (χ1) is 11.8. The molecule has 0 amide bonds. The van der Waals surface area contributed by atoms with Gasteiger partial charge in [0.25, 0.3) is 5.56 Å². The normalized spacial score (nSPS) is 16.2. The molecule has 7 heteroatoms. The monoisotopic (exact) mass is 361 g/mol. The molecule has 0 N–H and O–H groups in total. The maximum Gasteiger partial charge on any atom is 0.266 e. The SMILES string of the molecule is CC(C)(C)c1ccc(=O)n(CC2CCN(c3ncc(Cl)cn3)CC2)n1. The lowest BCUT2D eigenvalue weighted by Crippen LogP contribution is -2.38. The standard InChI is InChI=1S/C18H24ClN5O/c1-18(2,3)15-4-5-16(25)24(22-15)12-13-6-8-23(9-7-13)17-20-10-14(19)11-21-17/h4-5,10-11,13H,6-9,12H2,1-3H3. The predicted molar refractivity (Wildman–Crippen MR) is 99.2 cm³/mol. The Morgan fingerprint density at radius 1 is 1.16 bits per heavy atom. The van der Waals surface area contributed by atoms with Crippen molar-refractivity contribution >= 4 is 17.5 Å². The first kappa shape index (κ1) is 17.9. The quantitative estimate of drug-likeness (QED) is 0.841. The Balaban J connectivity index is 1.64. The number of rotatable bonds is 3. The Labute approximate surface area is 152 Å². The van der Waals surface area contributed by atoms with Crippen LogP contribution in [0.1, 0.15) is 39.3 Å². The average Bonchev–Trinajstić information content (AvgIpc) is 2.57. The van der Waals surface area contributed by atoms with Crippen LogP contribution in [0.25, 0.3) is 0 Å². The lowest BCUT2D eigenvalue weighted by atomic mass is 9.92. The fourth-order valence-corrected chi connectivity index (χ4v) is 3.11. The molecule has 2 aromatic rings. The molecular weight excluding hydrogens is 338 g/mol. The number of nitrogens with zero attached hydrogens (tertiary/aromatic N) is 5. The number of aromatic nitrogens is 4. The molecule has 0 aliphatic carbocycles. The van der Waals surface area contributed by atoms with Crippen molar-refractivity contribution in [1.82, 2.24) is 19.7 Å². The molecule has 0 atom stereocenters. The van der Waals surface area contributed by atoms with Crippen molar-refractivity contribution in [2.45, 2.75) is 45.6 Å². The zero-order valence-electron chi connectivity index (χ0n) is 14.9. The van der Waals surface area contributed by atoms with E-state index in [1.54, 1.807) is 23.1 Å². The van der Waals surface area contributed by atoms with E-state index in [9.17, 15) is 4.79 Å². The Hall–Kier alpha value is -1.95. The lowest BCUT2D eigenvalue weighted by molar-refractivity contribution is 0.328. The van der Waals surface area contributed by atoms with E-state index in [-0.39, 0.29) is 11.0 Å². The summed E-state index contributed by atoms with van der Waals surface area (Å²) in [7, 11) is 0. The lowest BCUT2D eigenvalue weighted by Gasteiger charge is -2.32. The van der Waals surface area contributed by atoms with Gasteiger partial charge in [0, 0.05) is 31.1 Å². The van der Waals surface area contributed by atoms with Crippen LogP contribution in [0.4, 0.5) is 5.95 Å². The van der Waals surface area contributed by atoms with Crippen LogP contribution in [0.15, 0.2) is 29.3 Å². The maximum atomic E-state index is 12.1. The van der Waals surface area contributed by atoms with Crippen LogP contribution in [0.2, 0.25) is 5.02 Å². The molecule has 1 fully saturated rings. The third-order valence-corrected chi connectivity index (χ3v) is 4.77. The van der Waals surface area contributed by atoms with Gasteiger partial charge in [0.15, 0.2) is 0 Å². The van der Waals surface area contributed by atoms with E-state index in [2.05, 4.69) is 40.7 Å². The zero-order chi connectivity index (χ0) is 18.0. The van der Waals surface area contributed by atoms with Gasteiger partial charge in [-0.3, -0.25) is 4.79 Å². The van der Waals surface area contributed by atoms with Crippen molar-refractivity contribution in [3.8, 4) is 0 Å². The zero-order valence-corrected chi connectivity index (χ0v) is 15.7. The van der Waals surface area contributed by atoms with Gasteiger partial charge in [0.2, 0.25) is 5.95 Å². The molecule has 6 nitrogen and oxygen atoms in total. The van der Waals surface area contributed by atoms with Gasteiger partial charge in [-0.15, -0.1) is 0 Å². The van der Waals surface area contributed by atoms with Gasteiger partial charge in [0.1, 0.15) is 0 Å². The van der Waals surface area contributed by atoms with E-state index < -0.39 is 0 Å². The number of hydrogen-bond acceptors (Lipinski definition) is 5.